The molecule has 1 aromatic heterocycles. The van der Waals surface area contributed by atoms with Crippen molar-refractivity contribution in [3.63, 3.8) is 0 Å². The number of hydrogen-bond acceptors (Lipinski definition) is 5. The molecule has 0 spiro atoms. The Bertz CT molecular complexity index is 596. The van der Waals surface area contributed by atoms with Gasteiger partial charge in [0.2, 0.25) is 0 Å². The van der Waals surface area contributed by atoms with Crippen LogP contribution >= 0.6 is 0 Å². The summed E-state index contributed by atoms with van der Waals surface area (Å²) in [5, 5.41) is 13.2. The molecule has 1 atom stereocenters. The van der Waals surface area contributed by atoms with Crippen LogP contribution in [0.2, 0.25) is 0 Å². The number of hydrogen-bond donors (Lipinski definition) is 1. The standard InChI is InChI=1S/C13H21N3O4S/c1-2-5-16-11(3-4-14-16)9-15-6-7-21(19,20)10-12(15)8-13(17)18/h3-4,12H,2,5-10H2,1H3,(H,17,18). The van der Waals surface area contributed by atoms with E-state index in [4.69, 9.17) is 5.11 Å². The molecule has 7 nitrogen and oxygen atoms in total. The van der Waals surface area contributed by atoms with Crippen molar-refractivity contribution in [2.24, 2.45) is 0 Å². The third-order valence-electron chi connectivity index (χ3n) is 3.67. The maximum absolute atomic E-state index is 11.7. The predicted octanol–water partition coefficient (Wildman–Crippen LogP) is 0.367. The van der Waals surface area contributed by atoms with Gasteiger partial charge in [-0.05, 0) is 12.5 Å². The molecular formula is C13H21N3O4S. The minimum atomic E-state index is -3.14. The van der Waals surface area contributed by atoms with Gasteiger partial charge in [0.05, 0.1) is 23.6 Å². The molecule has 1 unspecified atom stereocenters. The number of sulfone groups is 1. The minimum absolute atomic E-state index is 0.0821. The average Bonchev–Trinajstić information content (AvgIpc) is 2.79. The van der Waals surface area contributed by atoms with E-state index < -0.39 is 21.8 Å². The van der Waals surface area contributed by atoms with E-state index in [1.165, 1.54) is 0 Å². The number of carboxylic acid groups (broad SMARTS) is 1. The fourth-order valence-electron chi connectivity index (χ4n) is 2.63. The van der Waals surface area contributed by atoms with Gasteiger partial charge in [-0.3, -0.25) is 14.4 Å². The largest absolute Gasteiger partial charge is 0.481 e. The van der Waals surface area contributed by atoms with Gasteiger partial charge in [-0.1, -0.05) is 6.92 Å². The van der Waals surface area contributed by atoms with Gasteiger partial charge >= 0.3 is 5.97 Å². The summed E-state index contributed by atoms with van der Waals surface area (Å²) in [5.74, 6) is -0.962. The Hall–Kier alpha value is -1.41. The van der Waals surface area contributed by atoms with E-state index in [1.807, 2.05) is 15.6 Å². The molecule has 1 fully saturated rings. The minimum Gasteiger partial charge on any atom is -0.481 e. The number of rotatable bonds is 6. The van der Waals surface area contributed by atoms with Crippen molar-refractivity contribution < 1.29 is 18.3 Å². The highest BCUT2D eigenvalue weighted by molar-refractivity contribution is 7.91. The fraction of sp³-hybridized carbons (Fsp3) is 0.692. The van der Waals surface area contributed by atoms with Crippen LogP contribution in [0.1, 0.15) is 25.5 Å². The Kier molecular flexibility index (Phi) is 5.00. The summed E-state index contributed by atoms with van der Waals surface area (Å²) < 4.78 is 25.3. The molecule has 1 N–H and O–H groups in total. The smallest absolute Gasteiger partial charge is 0.304 e. The number of carbonyl (C=O) groups is 1. The SMILES string of the molecule is CCCn1nccc1CN1CCS(=O)(=O)CC1CC(=O)O. The zero-order valence-corrected chi connectivity index (χ0v) is 12.9. The molecule has 21 heavy (non-hydrogen) atoms. The Balaban J connectivity index is 2.12. The molecular weight excluding hydrogens is 294 g/mol. The highest BCUT2D eigenvalue weighted by Gasteiger charge is 2.32. The van der Waals surface area contributed by atoms with Gasteiger partial charge in [-0.15, -0.1) is 0 Å². The molecule has 0 saturated carbocycles. The maximum atomic E-state index is 11.7. The Morgan fingerprint density at radius 2 is 2.29 bits per heavy atom. The van der Waals surface area contributed by atoms with E-state index in [9.17, 15) is 13.2 Å². The van der Waals surface area contributed by atoms with E-state index >= 15 is 0 Å². The second-order valence-electron chi connectivity index (χ2n) is 5.38. The lowest BCUT2D eigenvalue weighted by atomic mass is 10.2. The summed E-state index contributed by atoms with van der Waals surface area (Å²) in [5.41, 5.74) is 0.992. The van der Waals surface area contributed by atoms with Crippen LogP contribution in [0.25, 0.3) is 0 Å². The summed E-state index contributed by atoms with van der Waals surface area (Å²) in [4.78, 5) is 12.9. The summed E-state index contributed by atoms with van der Waals surface area (Å²) >= 11 is 0. The molecule has 0 aliphatic carbocycles. The third kappa shape index (κ3) is 4.28. The summed E-state index contributed by atoms with van der Waals surface area (Å²) in [6, 6.07) is 1.43. The van der Waals surface area contributed by atoms with E-state index in [-0.39, 0.29) is 17.9 Å². The second kappa shape index (κ2) is 6.57. The van der Waals surface area contributed by atoms with Crippen molar-refractivity contribution in [3.05, 3.63) is 18.0 Å². The molecule has 8 heteroatoms. The van der Waals surface area contributed by atoms with Gasteiger partial charge in [0.15, 0.2) is 9.84 Å². The number of aliphatic carboxylic acids is 1. The quantitative estimate of drug-likeness (QED) is 0.815. The van der Waals surface area contributed by atoms with Crippen molar-refractivity contribution in [2.45, 2.75) is 38.9 Å². The molecule has 0 radical (unpaired) electrons. The molecule has 1 saturated heterocycles. The topological polar surface area (TPSA) is 92.5 Å². The Morgan fingerprint density at radius 3 is 2.95 bits per heavy atom. The van der Waals surface area contributed by atoms with Crippen LogP contribution in [0.4, 0.5) is 0 Å². The zero-order valence-electron chi connectivity index (χ0n) is 12.1. The number of aryl methyl sites for hydroxylation is 1. The maximum Gasteiger partial charge on any atom is 0.304 e. The van der Waals surface area contributed by atoms with Gasteiger partial charge in [0.25, 0.3) is 0 Å². The van der Waals surface area contributed by atoms with Crippen molar-refractivity contribution in [3.8, 4) is 0 Å². The highest BCUT2D eigenvalue weighted by Crippen LogP contribution is 2.18. The van der Waals surface area contributed by atoms with Crippen LogP contribution in [0.5, 0.6) is 0 Å². The van der Waals surface area contributed by atoms with Gasteiger partial charge < -0.3 is 5.11 Å². The van der Waals surface area contributed by atoms with E-state index in [1.54, 1.807) is 6.20 Å². The Labute approximate surface area is 124 Å². The molecule has 1 aliphatic rings. The molecule has 1 aromatic rings. The lowest BCUT2D eigenvalue weighted by Gasteiger charge is -2.34. The average molecular weight is 315 g/mol. The van der Waals surface area contributed by atoms with Crippen LogP contribution in [-0.4, -0.2) is 58.3 Å². The molecule has 2 heterocycles. The normalized spacial score (nSPS) is 22.2. The predicted molar refractivity (Wildman–Crippen MR) is 77.6 cm³/mol. The monoisotopic (exact) mass is 315 g/mol. The van der Waals surface area contributed by atoms with Gasteiger partial charge in [0, 0.05) is 31.9 Å². The fourth-order valence-corrected chi connectivity index (χ4v) is 4.23. The van der Waals surface area contributed by atoms with Crippen LogP contribution in [0.15, 0.2) is 12.3 Å². The van der Waals surface area contributed by atoms with Crippen LogP contribution in [-0.2, 0) is 27.7 Å². The summed E-state index contributed by atoms with van der Waals surface area (Å²) in [6.45, 7) is 3.77. The molecule has 0 bridgehead atoms. The van der Waals surface area contributed by atoms with Crippen LogP contribution in [0.3, 0.4) is 0 Å². The van der Waals surface area contributed by atoms with Crippen molar-refractivity contribution >= 4 is 15.8 Å². The zero-order chi connectivity index (χ0) is 15.5. The Morgan fingerprint density at radius 1 is 1.52 bits per heavy atom. The van der Waals surface area contributed by atoms with E-state index in [0.717, 1.165) is 18.7 Å². The van der Waals surface area contributed by atoms with Crippen LogP contribution in [0, 0.1) is 0 Å². The van der Waals surface area contributed by atoms with E-state index in [0.29, 0.717) is 13.1 Å². The molecule has 0 aromatic carbocycles. The molecule has 2 rings (SSSR count). The number of aromatic nitrogens is 2. The summed E-state index contributed by atoms with van der Waals surface area (Å²) in [7, 11) is -3.14. The highest BCUT2D eigenvalue weighted by atomic mass is 32.2. The van der Waals surface area contributed by atoms with Crippen molar-refractivity contribution in [1.82, 2.24) is 14.7 Å². The first-order valence-corrected chi connectivity index (χ1v) is 8.90. The number of nitrogens with zero attached hydrogens (tertiary/aromatic N) is 3. The van der Waals surface area contributed by atoms with Gasteiger partial charge in [-0.25, -0.2) is 8.42 Å². The van der Waals surface area contributed by atoms with Gasteiger partial charge in [-0.2, -0.15) is 5.10 Å². The number of carboxylic acids is 1. The first-order chi connectivity index (χ1) is 9.91. The molecule has 0 amide bonds. The van der Waals surface area contributed by atoms with Crippen molar-refractivity contribution in [1.29, 1.82) is 0 Å². The van der Waals surface area contributed by atoms with Gasteiger partial charge in [0.1, 0.15) is 0 Å². The van der Waals surface area contributed by atoms with Crippen LogP contribution < -0.4 is 0 Å². The first-order valence-electron chi connectivity index (χ1n) is 7.08. The molecule has 118 valence electrons. The summed E-state index contributed by atoms with van der Waals surface area (Å²) in [6.07, 6.45) is 2.53. The lowest BCUT2D eigenvalue weighted by Crippen LogP contribution is -2.49. The van der Waals surface area contributed by atoms with E-state index in [2.05, 4.69) is 12.0 Å². The first kappa shape index (κ1) is 16.0. The lowest BCUT2D eigenvalue weighted by molar-refractivity contribution is -0.138. The third-order valence-corrected chi connectivity index (χ3v) is 5.36. The molecule has 1 aliphatic heterocycles. The second-order valence-corrected chi connectivity index (χ2v) is 7.61. The van der Waals surface area contributed by atoms with Crippen molar-refractivity contribution in [2.75, 3.05) is 18.1 Å².